The number of nitrogens with one attached hydrogen (secondary N) is 6. The summed E-state index contributed by atoms with van der Waals surface area (Å²) in [5.74, 6) is 2.62. The minimum atomic E-state index is -4.32. The van der Waals surface area contributed by atoms with Gasteiger partial charge in [-0.15, -0.1) is 20.4 Å². The Hall–Kier alpha value is -2.57. The molecule has 40 heteroatoms. The van der Waals surface area contributed by atoms with E-state index in [2.05, 4.69) is 273 Å². The molecule has 1 unspecified atom stereocenters. The molecule has 0 fully saturated rings. The number of alkyl halides is 3. The van der Waals surface area contributed by atoms with Crippen LogP contribution in [0.15, 0.2) is 80.8 Å². The van der Waals surface area contributed by atoms with E-state index in [0.717, 1.165) is 102 Å². The summed E-state index contributed by atoms with van der Waals surface area (Å²) in [5, 5.41) is 53.3. The van der Waals surface area contributed by atoms with Crippen LogP contribution in [0.25, 0.3) is 11.4 Å². The van der Waals surface area contributed by atoms with Gasteiger partial charge in [0, 0.05) is 228 Å². The van der Waals surface area contributed by atoms with Crippen LogP contribution in [0.1, 0.15) is 243 Å². The van der Waals surface area contributed by atoms with Gasteiger partial charge in [0.2, 0.25) is 11.1 Å². The molecule has 0 saturated heterocycles. The van der Waals surface area contributed by atoms with E-state index in [1.54, 1.807) is 20.3 Å². The van der Waals surface area contributed by atoms with Crippen molar-refractivity contribution in [2.24, 2.45) is 16.6 Å². The summed E-state index contributed by atoms with van der Waals surface area (Å²) in [4.78, 5) is 52.0. The number of carboxylic acid groups (broad SMARTS) is 1. The van der Waals surface area contributed by atoms with Crippen molar-refractivity contribution in [2.45, 2.75) is 283 Å². The average molecular weight is 2230 g/mol. The number of nitrogens with two attached hydrogens (primary N) is 3. The van der Waals surface area contributed by atoms with Crippen LogP contribution in [-0.4, -0.2) is 262 Å². The molecule has 26 nitrogen and oxygen atoms in total. The van der Waals surface area contributed by atoms with E-state index < -0.39 is 42.6 Å². The number of anilines is 6. The number of nitrogen functional groups attached to an aromatic ring is 1. The number of halogens is 8. The minimum absolute atomic E-state index is 0. The third-order valence-corrected chi connectivity index (χ3v) is 21.6. The Balaban J connectivity index is -0.000000215. The van der Waals surface area contributed by atoms with Gasteiger partial charge < -0.3 is 59.3 Å². The number of fused-ring (bicyclic) bond motifs is 9. The number of benzene rings is 6. The van der Waals surface area contributed by atoms with Crippen LogP contribution in [0.4, 0.5) is 51.7 Å². The third kappa shape index (κ3) is 40.4. The number of rotatable bonds is 3. The summed E-state index contributed by atoms with van der Waals surface area (Å²) in [5.41, 5.74) is 38.3. The molecule has 6 aromatic carbocycles. The van der Waals surface area contributed by atoms with Crippen molar-refractivity contribution < 1.29 is 79.5 Å². The first-order chi connectivity index (χ1) is 54.6. The Morgan fingerprint density at radius 3 is 1.34 bits per heavy atom. The van der Waals surface area contributed by atoms with Crippen molar-refractivity contribution in [2.75, 3.05) is 39.4 Å². The topological polar surface area (TPSA) is 414 Å². The Kier molecular flexibility index (Phi) is 66.3. The molecule has 16 N–H and O–H groups in total. The van der Waals surface area contributed by atoms with Crippen molar-refractivity contribution in [3.05, 3.63) is 183 Å². The molecule has 8 aromatic rings. The standard InChI is InChI=1S/C14H17BrN4.C14H18FN3O.C14H18N4.C13H17NO.C13H17NS.C8H7BrF3N.C4H9NO2.C2H3ClO.CH5N.6CH4.Cu.HI.3K.HO4P.H2O/c1-7-6-10-12(8(2)11(7)15)19-9(3)17-18-13(19)14(4,5)16-10;1-8-5-10(15)6-12-11(8)7-13(14(3,4)16-12)18-17-9(2)19;1-8-6-9(2)12-11(7-8)15-14(4,5)13-17-16-10(3)18(12)13;2*1-8-5-9(2)10-7-12(15)13(3,4)14-11(10)6-8;1-4-2-5(8(10,11)12)3-6(9)7(4)13;1-4(2,5)3(6)7;1-2(3)4;1-2;;;;;;;;;;;;1-4-5(2)3;/h6,16H,1-5H3;5-6,16H,7H2,1-4H3,(H,17,19);6-7,15H,1-5H3;2*5-6,14H,7H2,1-4H3;2-3H,13H2,1H3;5H2,1-2H3,(H,6,7);1H3;2H2,1H3;6*1H4;;1H;;;;1H;1H2/q;;;;;;;;;;;;;;;+1;;;;;;/p-1/b;18-13+;;;;;;;;;;;;;;;;;;;;. The van der Waals surface area contributed by atoms with Gasteiger partial charge in [0.15, 0.2) is 17.4 Å². The fourth-order valence-electron chi connectivity index (χ4n) is 13.0. The number of carbonyl (C=O) groups is 4. The van der Waals surface area contributed by atoms with Crippen LogP contribution < -0.4 is 54.1 Å². The van der Waals surface area contributed by atoms with Gasteiger partial charge in [-0.05, 0) is 326 Å². The number of carbonyl (C=O) groups excluding carboxylic acids is 3. The van der Waals surface area contributed by atoms with E-state index in [4.69, 9.17) is 43.5 Å². The largest absolute Gasteiger partial charge is 0 e. The Labute approximate surface area is 940 Å². The van der Waals surface area contributed by atoms with E-state index >= 15 is 0 Å². The summed E-state index contributed by atoms with van der Waals surface area (Å²) in [6.07, 6.45) is -2.24. The van der Waals surface area contributed by atoms with Gasteiger partial charge in [-0.1, -0.05) is 90.9 Å². The number of aliphatic carboxylic acids is 1. The van der Waals surface area contributed by atoms with Gasteiger partial charge in [-0.2, -0.15) is 18.3 Å². The second-order valence-electron chi connectivity index (χ2n) is 32.1. The second-order valence-corrected chi connectivity index (χ2v) is 35.4. The molecular formula is C89H138Br2ClCuF4IK3N16O10PS. The molecule has 3 radical (unpaired) electrons. The first kappa shape index (κ1) is 142. The quantitative estimate of drug-likeness (QED) is 0.00900. The first-order valence-corrected chi connectivity index (χ1v) is 43.6. The van der Waals surface area contributed by atoms with Crippen LogP contribution in [0, 0.1) is 88.9 Å². The van der Waals surface area contributed by atoms with Crippen molar-refractivity contribution in [3.63, 3.8) is 0 Å². The van der Waals surface area contributed by atoms with Crippen LogP contribution in [0.5, 0.6) is 0 Å². The van der Waals surface area contributed by atoms with Gasteiger partial charge in [0.1, 0.15) is 23.0 Å². The van der Waals surface area contributed by atoms with Crippen LogP contribution in [-0.2, 0) is 77.7 Å². The molecule has 1 amide bonds. The number of aromatic nitrogens is 6. The van der Waals surface area contributed by atoms with E-state index in [9.17, 15) is 36.7 Å². The monoisotopic (exact) mass is 2230 g/mol. The number of hydrogen-bond donors (Lipinski definition) is 11. The zero-order valence-corrected chi connectivity index (χ0v) is 93.9. The van der Waals surface area contributed by atoms with Gasteiger partial charge in [-0.3, -0.25) is 28.3 Å². The van der Waals surface area contributed by atoms with E-state index in [0.29, 0.717) is 24.1 Å². The smallest absolute Gasteiger partial charge is 0 e. The van der Waals surface area contributed by atoms with Gasteiger partial charge >= 0.3 is 53.5 Å². The molecule has 0 saturated carbocycles. The maximum absolute atomic E-state index is 13.4. The van der Waals surface area contributed by atoms with Gasteiger partial charge in [-0.25, -0.2) is 15.1 Å². The average Bonchev–Trinajstić information content (AvgIpc) is 1.62. The maximum Gasteiger partial charge on any atom is 0 e. The molecule has 13 rings (SSSR count). The summed E-state index contributed by atoms with van der Waals surface area (Å²) < 4.78 is 67.5. The summed E-state index contributed by atoms with van der Waals surface area (Å²) >= 11 is 22.6. The number of thiocarbonyl (C=S) groups is 1. The number of nitrogens with zero attached hydrogens (tertiary/aromatic N) is 7. The van der Waals surface area contributed by atoms with E-state index in [1.807, 2.05) is 48.5 Å². The number of hydrogen-bond acceptors (Lipinski definition) is 22. The fraction of sp³-hybridized carbons (Fsp3) is 0.483. The predicted octanol–water partition coefficient (Wildman–Crippen LogP) is 20.6. The van der Waals surface area contributed by atoms with Crippen LogP contribution in [0.3, 0.4) is 0 Å². The predicted molar refractivity (Wildman–Crippen MR) is 546 cm³/mol. The SMILES string of the molecule is C.C.C.C.C.C.CC(=O)Cl.CC(=O)N/N=C1\Cc2c(C)cc(F)cc2NC1(C)C.CC(C)(N)C(=O)O.CN.Cc1cc(C(F)(F)F)cc(Br)c1N.Cc1cc(C)c2c(c1)NC(C)(C)C(=O)C2.Cc1cc(C)c2c(c1)NC(C)(C)C(=S)C2.Cc1cc(C)c2c(c1)NC(C)(C)c1nnc(C)n1-2.Cc1cc2c(c(C)c1Br)-n1c(C)nnc1C(C)(C)N2.O.O=[P+]([O-])OO.[Cu][I].[K].[K].[K]. The maximum atomic E-state index is 13.4. The summed E-state index contributed by atoms with van der Waals surface area (Å²) in [6.45, 7) is 50.5. The summed E-state index contributed by atoms with van der Waals surface area (Å²) in [7, 11) is -1.54. The van der Waals surface area contributed by atoms with Gasteiger partial charge in [0.25, 0.3) is 0 Å². The third-order valence-electron chi connectivity index (χ3n) is 19.0. The van der Waals surface area contributed by atoms with E-state index in [1.165, 1.54) is 115 Å². The molecule has 0 aliphatic carbocycles. The summed E-state index contributed by atoms with van der Waals surface area (Å²) in [6, 6.07) is 20.3. The number of ketones is 1. The van der Waals surface area contributed by atoms with Crippen molar-refractivity contribution in [1.82, 2.24) is 35.0 Å². The molecule has 0 spiro atoms. The zero-order valence-electron chi connectivity index (χ0n) is 75.8. The second kappa shape index (κ2) is 60.3. The molecule has 2 aromatic heterocycles. The van der Waals surface area contributed by atoms with Gasteiger partial charge in [0.05, 0.1) is 61.7 Å². The van der Waals surface area contributed by atoms with Crippen LogP contribution in [0.2, 0.25) is 0 Å². The minimum Gasteiger partial charge on any atom is 0 e. The molecule has 129 heavy (non-hydrogen) atoms. The molecule has 0 bridgehead atoms. The van der Waals surface area contributed by atoms with E-state index in [-0.39, 0.29) is 248 Å². The molecule has 1 atom stereocenters. The zero-order chi connectivity index (χ0) is 91.8. The van der Waals surface area contributed by atoms with Crippen molar-refractivity contribution in [1.29, 1.82) is 0 Å². The number of hydrazone groups is 1. The molecule has 7 heterocycles. The number of Topliss-reactive ketones (excluding diaryl/α,β-unsaturated/α-hetero) is 1. The Morgan fingerprint density at radius 1 is 0.597 bits per heavy atom. The molecule has 5 aliphatic heterocycles. The Morgan fingerprint density at radius 2 is 0.946 bits per heavy atom. The van der Waals surface area contributed by atoms with Crippen LogP contribution >= 0.6 is 84.3 Å². The van der Waals surface area contributed by atoms with Crippen molar-refractivity contribution >= 4 is 306 Å². The number of amides is 1. The molecular weight excluding hydrogens is 2100 g/mol. The Bertz CT molecular complexity index is 5010. The number of carboxylic acids is 1. The van der Waals surface area contributed by atoms with Crippen molar-refractivity contribution in [3.8, 4) is 11.4 Å². The molecule has 715 valence electrons. The first-order valence-electron chi connectivity index (χ1n) is 37.1. The fourth-order valence-corrected chi connectivity index (χ4v) is 14.0. The molecule has 5 aliphatic rings. The normalized spacial score (nSPS) is 14.1. The number of aryl methyl sites for hydroxylation is 11.